The van der Waals surface area contributed by atoms with Crippen LogP contribution in [-0.4, -0.2) is 61.6 Å². The van der Waals surface area contributed by atoms with Crippen LogP contribution in [0.1, 0.15) is 33.3 Å². The van der Waals surface area contributed by atoms with E-state index in [-0.39, 0.29) is 5.91 Å². The van der Waals surface area contributed by atoms with Crippen LogP contribution in [0.3, 0.4) is 0 Å². The van der Waals surface area contributed by atoms with Crippen LogP contribution in [0.4, 0.5) is 0 Å². The van der Waals surface area contributed by atoms with Crippen molar-refractivity contribution in [2.45, 2.75) is 27.7 Å². The summed E-state index contributed by atoms with van der Waals surface area (Å²) >= 11 is 0. The van der Waals surface area contributed by atoms with Crippen molar-refractivity contribution in [3.63, 3.8) is 0 Å². The van der Waals surface area contributed by atoms with Crippen LogP contribution in [0, 0.1) is 5.92 Å². The number of amides is 1. The van der Waals surface area contributed by atoms with Crippen molar-refractivity contribution in [3.8, 4) is 11.5 Å². The molecule has 5 heteroatoms. The smallest absolute Gasteiger partial charge is 0.246 e. The lowest BCUT2D eigenvalue weighted by Gasteiger charge is -2.35. The molecule has 0 aliphatic carbocycles. The Balaban J connectivity index is 1.94. The van der Waals surface area contributed by atoms with Gasteiger partial charge in [-0.25, -0.2) is 0 Å². The Hall–Kier alpha value is -2.01. The Labute approximate surface area is 157 Å². The van der Waals surface area contributed by atoms with Crippen molar-refractivity contribution in [1.82, 2.24) is 9.80 Å². The highest BCUT2D eigenvalue weighted by molar-refractivity contribution is 5.92. The maximum absolute atomic E-state index is 12.4. The van der Waals surface area contributed by atoms with Crippen molar-refractivity contribution >= 4 is 12.0 Å². The lowest BCUT2D eigenvalue weighted by Crippen LogP contribution is -2.49. The van der Waals surface area contributed by atoms with Gasteiger partial charge in [0, 0.05) is 38.8 Å². The fourth-order valence-corrected chi connectivity index (χ4v) is 3.11. The normalized spacial score (nSPS) is 15.7. The summed E-state index contributed by atoms with van der Waals surface area (Å²) in [7, 11) is 0. The minimum atomic E-state index is 0.0704. The van der Waals surface area contributed by atoms with Gasteiger partial charge in [0.2, 0.25) is 5.91 Å². The summed E-state index contributed by atoms with van der Waals surface area (Å²) < 4.78 is 11.2. The Kier molecular flexibility index (Phi) is 7.98. The molecule has 0 radical (unpaired) electrons. The summed E-state index contributed by atoms with van der Waals surface area (Å²) in [5.41, 5.74) is 0.934. The fourth-order valence-electron chi connectivity index (χ4n) is 3.11. The van der Waals surface area contributed by atoms with Gasteiger partial charge >= 0.3 is 0 Å². The zero-order chi connectivity index (χ0) is 18.9. The van der Waals surface area contributed by atoms with E-state index in [1.165, 1.54) is 0 Å². The molecule has 0 atom stereocenters. The molecule has 1 aliphatic heterocycles. The summed E-state index contributed by atoms with van der Waals surface area (Å²) in [6.45, 7) is 14.1. The molecule has 0 unspecified atom stereocenters. The molecule has 1 aromatic carbocycles. The van der Waals surface area contributed by atoms with E-state index in [2.05, 4.69) is 18.7 Å². The van der Waals surface area contributed by atoms with Gasteiger partial charge in [0.15, 0.2) is 11.5 Å². The number of carbonyl (C=O) groups excluding carboxylic acids is 1. The molecule has 0 saturated carbocycles. The van der Waals surface area contributed by atoms with E-state index in [0.29, 0.717) is 24.9 Å². The molecule has 1 amide bonds. The number of hydrogen-bond donors (Lipinski definition) is 0. The third-order valence-corrected chi connectivity index (χ3v) is 4.29. The van der Waals surface area contributed by atoms with Crippen molar-refractivity contribution in [3.05, 3.63) is 29.8 Å². The summed E-state index contributed by atoms with van der Waals surface area (Å²) in [6, 6.07) is 5.75. The number of hydrogen-bond acceptors (Lipinski definition) is 4. The third kappa shape index (κ3) is 6.06. The maximum Gasteiger partial charge on any atom is 0.246 e. The fraction of sp³-hybridized carbons (Fsp3) is 0.571. The van der Waals surface area contributed by atoms with E-state index in [0.717, 1.165) is 44.0 Å². The Morgan fingerprint density at radius 3 is 2.35 bits per heavy atom. The molecule has 1 fully saturated rings. The lowest BCUT2D eigenvalue weighted by atomic mass is 10.1. The number of nitrogens with zero attached hydrogens (tertiary/aromatic N) is 2. The minimum Gasteiger partial charge on any atom is -0.490 e. The topological polar surface area (TPSA) is 42.0 Å². The van der Waals surface area contributed by atoms with E-state index in [9.17, 15) is 4.79 Å². The molecule has 0 spiro atoms. The van der Waals surface area contributed by atoms with Crippen molar-refractivity contribution in [2.24, 2.45) is 5.92 Å². The van der Waals surface area contributed by atoms with Gasteiger partial charge < -0.3 is 14.4 Å². The molecule has 5 nitrogen and oxygen atoms in total. The zero-order valence-corrected chi connectivity index (χ0v) is 16.5. The van der Waals surface area contributed by atoms with E-state index in [1.807, 2.05) is 43.0 Å². The van der Waals surface area contributed by atoms with Crippen LogP contribution in [0.25, 0.3) is 6.08 Å². The summed E-state index contributed by atoms with van der Waals surface area (Å²) in [5.74, 6) is 2.18. The van der Waals surface area contributed by atoms with Gasteiger partial charge in [-0.1, -0.05) is 19.9 Å². The van der Waals surface area contributed by atoms with Crippen LogP contribution in [0.15, 0.2) is 24.3 Å². The maximum atomic E-state index is 12.4. The molecular formula is C21H32N2O3. The second kappa shape index (κ2) is 10.2. The van der Waals surface area contributed by atoms with Crippen molar-refractivity contribution in [1.29, 1.82) is 0 Å². The number of piperazine rings is 1. The molecule has 1 heterocycles. The van der Waals surface area contributed by atoms with Crippen LogP contribution >= 0.6 is 0 Å². The monoisotopic (exact) mass is 360 g/mol. The first-order valence-corrected chi connectivity index (χ1v) is 9.62. The average molecular weight is 360 g/mol. The summed E-state index contributed by atoms with van der Waals surface area (Å²) in [6.07, 6.45) is 3.50. The van der Waals surface area contributed by atoms with Crippen LogP contribution < -0.4 is 9.47 Å². The highest BCUT2D eigenvalue weighted by Crippen LogP contribution is 2.29. The molecule has 1 saturated heterocycles. The van der Waals surface area contributed by atoms with Gasteiger partial charge in [0.25, 0.3) is 0 Å². The Bertz CT molecular complexity index is 605. The molecule has 26 heavy (non-hydrogen) atoms. The van der Waals surface area contributed by atoms with Crippen molar-refractivity contribution in [2.75, 3.05) is 45.9 Å². The highest BCUT2D eigenvalue weighted by Gasteiger charge is 2.19. The van der Waals surface area contributed by atoms with Crippen LogP contribution in [0.2, 0.25) is 0 Å². The minimum absolute atomic E-state index is 0.0704. The van der Waals surface area contributed by atoms with E-state index in [1.54, 1.807) is 6.08 Å². The van der Waals surface area contributed by atoms with Gasteiger partial charge in [-0.3, -0.25) is 9.69 Å². The van der Waals surface area contributed by atoms with Crippen LogP contribution in [0.5, 0.6) is 11.5 Å². The zero-order valence-electron chi connectivity index (χ0n) is 16.5. The average Bonchev–Trinajstić information content (AvgIpc) is 2.62. The van der Waals surface area contributed by atoms with Crippen molar-refractivity contribution < 1.29 is 14.3 Å². The van der Waals surface area contributed by atoms with E-state index < -0.39 is 0 Å². The van der Waals surface area contributed by atoms with Gasteiger partial charge in [-0.2, -0.15) is 0 Å². The molecule has 0 bridgehead atoms. The largest absolute Gasteiger partial charge is 0.490 e. The van der Waals surface area contributed by atoms with Gasteiger partial charge in [0.1, 0.15) is 0 Å². The molecular weight excluding hydrogens is 328 g/mol. The predicted molar refractivity (Wildman–Crippen MR) is 106 cm³/mol. The first-order valence-electron chi connectivity index (χ1n) is 9.62. The highest BCUT2D eigenvalue weighted by atomic mass is 16.5. The predicted octanol–water partition coefficient (Wildman–Crippen LogP) is 3.30. The quantitative estimate of drug-likeness (QED) is 0.667. The SMILES string of the molecule is CCOc1ccc(/C=C/C(=O)N2CCN(CC(C)C)CC2)cc1OCC. The Morgan fingerprint density at radius 1 is 1.08 bits per heavy atom. The second-order valence-electron chi connectivity index (χ2n) is 6.93. The van der Waals surface area contributed by atoms with E-state index >= 15 is 0 Å². The standard InChI is InChI=1S/C21H32N2O3/c1-5-25-19-9-7-18(15-20(19)26-6-2)8-10-21(24)23-13-11-22(12-14-23)16-17(3)4/h7-10,15,17H,5-6,11-14,16H2,1-4H3/b10-8+. The molecule has 1 aliphatic rings. The molecule has 1 aromatic rings. The van der Waals surface area contributed by atoms with Crippen LogP contribution in [-0.2, 0) is 4.79 Å². The van der Waals surface area contributed by atoms with E-state index in [4.69, 9.17) is 9.47 Å². The number of ether oxygens (including phenoxy) is 2. The first-order chi connectivity index (χ1) is 12.5. The summed E-state index contributed by atoms with van der Waals surface area (Å²) in [5, 5.41) is 0. The molecule has 0 aromatic heterocycles. The number of rotatable bonds is 8. The van der Waals surface area contributed by atoms with Gasteiger partial charge in [-0.05, 0) is 43.5 Å². The Morgan fingerprint density at radius 2 is 1.73 bits per heavy atom. The first kappa shape index (κ1) is 20.3. The van der Waals surface area contributed by atoms with Gasteiger partial charge in [-0.15, -0.1) is 0 Å². The molecule has 0 N–H and O–H groups in total. The lowest BCUT2D eigenvalue weighted by molar-refractivity contribution is -0.127. The molecule has 144 valence electrons. The number of carbonyl (C=O) groups is 1. The summed E-state index contributed by atoms with van der Waals surface area (Å²) in [4.78, 5) is 16.8. The van der Waals surface area contributed by atoms with Gasteiger partial charge in [0.05, 0.1) is 13.2 Å². The second-order valence-corrected chi connectivity index (χ2v) is 6.93. The third-order valence-electron chi connectivity index (χ3n) is 4.29. The molecule has 2 rings (SSSR count). The number of benzene rings is 1.